The van der Waals surface area contributed by atoms with Crippen LogP contribution in [0, 0.1) is 5.92 Å². The lowest BCUT2D eigenvalue weighted by Crippen LogP contribution is -2.21. The molecule has 0 aliphatic heterocycles. The summed E-state index contributed by atoms with van der Waals surface area (Å²) in [7, 11) is 0. The molecule has 0 aliphatic carbocycles. The topological polar surface area (TPSA) is 66.9 Å². The molecule has 1 amide bonds. The Balaban J connectivity index is 1.81. The number of benzene rings is 2. The van der Waals surface area contributed by atoms with E-state index in [4.69, 9.17) is 0 Å². The summed E-state index contributed by atoms with van der Waals surface area (Å²) in [4.78, 5) is 20.9. The zero-order valence-corrected chi connectivity index (χ0v) is 14.5. The SMILES string of the molecule is CCC(CC)C(=O)Nc1cccc(Nc2ncnc3ccccc23)c1. The fourth-order valence-corrected chi connectivity index (χ4v) is 2.82. The van der Waals surface area contributed by atoms with Crippen molar-refractivity contribution in [2.24, 2.45) is 5.92 Å². The smallest absolute Gasteiger partial charge is 0.227 e. The Bertz CT molecular complexity index is 869. The molecule has 1 aromatic heterocycles. The Morgan fingerprint density at radius 1 is 1.00 bits per heavy atom. The lowest BCUT2D eigenvalue weighted by atomic mass is 10.0. The standard InChI is InChI=1S/C20H22N4O/c1-3-14(4-2)20(25)24-16-9-7-8-15(12-16)23-19-17-10-5-6-11-18(17)21-13-22-19/h5-14H,3-4H2,1-2H3,(H,24,25)(H,21,22,23). The number of amides is 1. The van der Waals surface area contributed by atoms with Crippen LogP contribution in [0.3, 0.4) is 0 Å². The highest BCUT2D eigenvalue weighted by molar-refractivity contribution is 5.94. The summed E-state index contributed by atoms with van der Waals surface area (Å²) in [6, 6.07) is 15.5. The van der Waals surface area contributed by atoms with Gasteiger partial charge < -0.3 is 10.6 Å². The molecule has 128 valence electrons. The molecule has 0 unspecified atom stereocenters. The second-order valence-corrected chi connectivity index (χ2v) is 5.95. The van der Waals surface area contributed by atoms with Gasteiger partial charge in [0, 0.05) is 22.7 Å². The Morgan fingerprint density at radius 2 is 1.76 bits per heavy atom. The summed E-state index contributed by atoms with van der Waals surface area (Å²) in [5.41, 5.74) is 2.53. The summed E-state index contributed by atoms with van der Waals surface area (Å²) < 4.78 is 0. The summed E-state index contributed by atoms with van der Waals surface area (Å²) >= 11 is 0. The van der Waals surface area contributed by atoms with Gasteiger partial charge in [-0.15, -0.1) is 0 Å². The first kappa shape index (κ1) is 16.9. The normalized spacial score (nSPS) is 10.8. The van der Waals surface area contributed by atoms with Crippen LogP contribution >= 0.6 is 0 Å². The molecule has 0 radical (unpaired) electrons. The lowest BCUT2D eigenvalue weighted by molar-refractivity contribution is -0.120. The molecule has 0 aliphatic rings. The van der Waals surface area contributed by atoms with E-state index >= 15 is 0 Å². The van der Waals surface area contributed by atoms with Crippen LogP contribution in [0.4, 0.5) is 17.2 Å². The van der Waals surface area contributed by atoms with E-state index in [1.165, 1.54) is 0 Å². The number of carbonyl (C=O) groups is 1. The molecule has 0 saturated carbocycles. The zero-order chi connectivity index (χ0) is 17.6. The molecule has 5 nitrogen and oxygen atoms in total. The minimum Gasteiger partial charge on any atom is -0.340 e. The van der Waals surface area contributed by atoms with E-state index in [2.05, 4.69) is 20.6 Å². The molecule has 2 N–H and O–H groups in total. The number of nitrogens with zero attached hydrogens (tertiary/aromatic N) is 2. The van der Waals surface area contributed by atoms with E-state index in [9.17, 15) is 4.79 Å². The van der Waals surface area contributed by atoms with E-state index < -0.39 is 0 Å². The third-order valence-electron chi connectivity index (χ3n) is 4.29. The Labute approximate surface area is 147 Å². The van der Waals surface area contributed by atoms with Crippen molar-refractivity contribution >= 4 is 34.0 Å². The van der Waals surface area contributed by atoms with Crippen LogP contribution in [0.15, 0.2) is 54.9 Å². The van der Waals surface area contributed by atoms with Crippen LogP contribution < -0.4 is 10.6 Å². The number of rotatable bonds is 6. The molecular formula is C20H22N4O. The van der Waals surface area contributed by atoms with E-state index in [1.807, 2.05) is 62.4 Å². The molecule has 0 bridgehead atoms. The van der Waals surface area contributed by atoms with E-state index in [-0.39, 0.29) is 11.8 Å². The van der Waals surface area contributed by atoms with Crippen LogP contribution in [0.5, 0.6) is 0 Å². The van der Waals surface area contributed by atoms with Gasteiger partial charge in [-0.05, 0) is 43.2 Å². The summed E-state index contributed by atoms with van der Waals surface area (Å²) in [5.74, 6) is 0.853. The van der Waals surface area contributed by atoms with E-state index in [0.717, 1.165) is 40.9 Å². The van der Waals surface area contributed by atoms with Gasteiger partial charge in [0.2, 0.25) is 5.91 Å². The fraction of sp³-hybridized carbons (Fsp3) is 0.250. The number of anilines is 3. The van der Waals surface area contributed by atoms with Crippen molar-refractivity contribution in [3.63, 3.8) is 0 Å². The molecule has 0 fully saturated rings. The summed E-state index contributed by atoms with van der Waals surface area (Å²) in [6.07, 6.45) is 3.23. The van der Waals surface area contributed by atoms with Crippen molar-refractivity contribution in [2.45, 2.75) is 26.7 Å². The van der Waals surface area contributed by atoms with Crippen molar-refractivity contribution in [3.05, 3.63) is 54.9 Å². The van der Waals surface area contributed by atoms with Gasteiger partial charge in [0.15, 0.2) is 0 Å². The monoisotopic (exact) mass is 334 g/mol. The number of para-hydroxylation sites is 1. The van der Waals surface area contributed by atoms with Gasteiger partial charge >= 0.3 is 0 Å². The Hall–Kier alpha value is -2.95. The minimum atomic E-state index is 0.0439. The first-order valence-electron chi connectivity index (χ1n) is 8.59. The predicted molar refractivity (Wildman–Crippen MR) is 102 cm³/mol. The maximum absolute atomic E-state index is 12.3. The third-order valence-corrected chi connectivity index (χ3v) is 4.29. The third kappa shape index (κ3) is 3.94. The van der Waals surface area contributed by atoms with Crippen LogP contribution in [0.2, 0.25) is 0 Å². The zero-order valence-electron chi connectivity index (χ0n) is 14.5. The van der Waals surface area contributed by atoms with Gasteiger partial charge in [-0.2, -0.15) is 0 Å². The number of carbonyl (C=O) groups excluding carboxylic acids is 1. The number of fused-ring (bicyclic) bond motifs is 1. The largest absolute Gasteiger partial charge is 0.340 e. The van der Waals surface area contributed by atoms with Gasteiger partial charge in [0.25, 0.3) is 0 Å². The predicted octanol–water partition coefficient (Wildman–Crippen LogP) is 4.75. The number of aromatic nitrogens is 2. The number of nitrogens with one attached hydrogen (secondary N) is 2. The molecule has 5 heteroatoms. The Kier molecular flexibility index (Phi) is 5.23. The second kappa shape index (κ2) is 7.75. The molecule has 0 spiro atoms. The van der Waals surface area contributed by atoms with Crippen molar-refractivity contribution in [3.8, 4) is 0 Å². The van der Waals surface area contributed by atoms with Crippen molar-refractivity contribution < 1.29 is 4.79 Å². The van der Waals surface area contributed by atoms with Crippen LogP contribution in [-0.4, -0.2) is 15.9 Å². The van der Waals surface area contributed by atoms with Crippen molar-refractivity contribution in [1.29, 1.82) is 0 Å². The molecule has 25 heavy (non-hydrogen) atoms. The second-order valence-electron chi connectivity index (χ2n) is 5.95. The maximum Gasteiger partial charge on any atom is 0.227 e. The van der Waals surface area contributed by atoms with E-state index in [0.29, 0.717) is 0 Å². The van der Waals surface area contributed by atoms with Crippen LogP contribution in [-0.2, 0) is 4.79 Å². The molecule has 2 aromatic carbocycles. The van der Waals surface area contributed by atoms with Gasteiger partial charge in [-0.3, -0.25) is 4.79 Å². The van der Waals surface area contributed by atoms with Crippen LogP contribution in [0.25, 0.3) is 10.9 Å². The summed E-state index contributed by atoms with van der Waals surface area (Å²) in [6.45, 7) is 4.07. The molecular weight excluding hydrogens is 312 g/mol. The van der Waals surface area contributed by atoms with Gasteiger partial charge in [0.1, 0.15) is 12.1 Å². The average molecular weight is 334 g/mol. The van der Waals surface area contributed by atoms with Crippen LogP contribution in [0.1, 0.15) is 26.7 Å². The van der Waals surface area contributed by atoms with E-state index in [1.54, 1.807) is 6.33 Å². The Morgan fingerprint density at radius 3 is 2.56 bits per heavy atom. The minimum absolute atomic E-state index is 0.0439. The molecule has 3 rings (SSSR count). The fourth-order valence-electron chi connectivity index (χ4n) is 2.82. The van der Waals surface area contributed by atoms with Crippen molar-refractivity contribution in [2.75, 3.05) is 10.6 Å². The first-order valence-corrected chi connectivity index (χ1v) is 8.59. The van der Waals surface area contributed by atoms with Gasteiger partial charge in [-0.1, -0.05) is 32.0 Å². The van der Waals surface area contributed by atoms with Gasteiger partial charge in [0.05, 0.1) is 5.52 Å². The molecule has 0 atom stereocenters. The summed E-state index contributed by atoms with van der Waals surface area (Å²) in [5, 5.41) is 7.27. The quantitative estimate of drug-likeness (QED) is 0.683. The highest BCUT2D eigenvalue weighted by Gasteiger charge is 2.14. The van der Waals surface area contributed by atoms with Gasteiger partial charge in [-0.25, -0.2) is 9.97 Å². The number of hydrogen-bond acceptors (Lipinski definition) is 4. The highest BCUT2D eigenvalue weighted by Crippen LogP contribution is 2.24. The lowest BCUT2D eigenvalue weighted by Gasteiger charge is -2.14. The molecule has 1 heterocycles. The highest BCUT2D eigenvalue weighted by atomic mass is 16.1. The molecule has 0 saturated heterocycles. The maximum atomic E-state index is 12.3. The first-order chi connectivity index (χ1) is 12.2. The molecule has 3 aromatic rings. The number of hydrogen-bond donors (Lipinski definition) is 2. The van der Waals surface area contributed by atoms with Crippen molar-refractivity contribution in [1.82, 2.24) is 9.97 Å². The average Bonchev–Trinajstić information content (AvgIpc) is 2.63.